The van der Waals surface area contributed by atoms with Crippen LogP contribution in [0.2, 0.25) is 10.0 Å². The van der Waals surface area contributed by atoms with Crippen molar-refractivity contribution in [3.63, 3.8) is 0 Å². The molecular formula is C45H39Cl5N8O6. The molecule has 2 atom stereocenters. The van der Waals surface area contributed by atoms with Gasteiger partial charge in [0.05, 0.1) is 10.0 Å². The number of azo groups is 2. The Morgan fingerprint density at radius 3 is 1.39 bits per heavy atom. The van der Waals surface area contributed by atoms with Gasteiger partial charge in [0.15, 0.2) is 11.6 Å². The SMILES string of the molecule is CC(=O)C(N=Nc1cc(C(=O)Nc2ccccc2CCCl)ccc1Cl)C(=O)Nc1ccc(NC(=O)C(N=Nc2cc(C(=O)Nc3ccccc3CCCl)ccc2Cl)C(C)=O)c(CCl)c1. The van der Waals surface area contributed by atoms with Crippen LogP contribution in [0.25, 0.3) is 0 Å². The lowest BCUT2D eigenvalue weighted by atomic mass is 10.1. The van der Waals surface area contributed by atoms with Crippen molar-refractivity contribution >= 4 is 127 Å². The predicted octanol–water partition coefficient (Wildman–Crippen LogP) is 11.2. The minimum absolute atomic E-state index is 0.0346. The van der Waals surface area contributed by atoms with E-state index in [-0.39, 0.29) is 49.8 Å². The number of anilines is 4. The zero-order valence-electron chi connectivity index (χ0n) is 34.1. The Morgan fingerprint density at radius 1 is 0.516 bits per heavy atom. The van der Waals surface area contributed by atoms with E-state index >= 15 is 0 Å². The van der Waals surface area contributed by atoms with E-state index in [0.717, 1.165) is 25.0 Å². The van der Waals surface area contributed by atoms with E-state index in [9.17, 15) is 28.8 Å². The van der Waals surface area contributed by atoms with Crippen LogP contribution in [0.15, 0.2) is 124 Å². The molecule has 2 unspecified atom stereocenters. The molecule has 0 saturated heterocycles. The second-order valence-electron chi connectivity index (χ2n) is 13.9. The van der Waals surface area contributed by atoms with Gasteiger partial charge in [0.25, 0.3) is 23.6 Å². The van der Waals surface area contributed by atoms with Crippen LogP contribution in [0.3, 0.4) is 0 Å². The molecule has 330 valence electrons. The van der Waals surface area contributed by atoms with Crippen molar-refractivity contribution < 1.29 is 28.8 Å². The van der Waals surface area contributed by atoms with Crippen molar-refractivity contribution in [2.75, 3.05) is 33.0 Å². The highest BCUT2D eigenvalue weighted by Gasteiger charge is 2.26. The first-order valence-corrected chi connectivity index (χ1v) is 21.7. The number of alkyl halides is 3. The molecule has 19 heteroatoms. The largest absolute Gasteiger partial charge is 0.324 e. The number of rotatable bonds is 19. The van der Waals surface area contributed by atoms with Crippen molar-refractivity contribution in [2.45, 2.75) is 44.7 Å². The molecule has 0 radical (unpaired) electrons. The van der Waals surface area contributed by atoms with Crippen molar-refractivity contribution in [3.8, 4) is 0 Å². The van der Waals surface area contributed by atoms with E-state index in [1.165, 1.54) is 54.6 Å². The third-order valence-electron chi connectivity index (χ3n) is 9.28. The number of nitrogens with zero attached hydrogens (tertiary/aromatic N) is 4. The van der Waals surface area contributed by atoms with Gasteiger partial charge >= 0.3 is 0 Å². The third kappa shape index (κ3) is 13.3. The van der Waals surface area contributed by atoms with Crippen LogP contribution < -0.4 is 21.3 Å². The summed E-state index contributed by atoms with van der Waals surface area (Å²) in [5, 5.41) is 27.1. The normalized spacial score (nSPS) is 12.1. The quantitative estimate of drug-likeness (QED) is 0.0360. The molecule has 14 nitrogen and oxygen atoms in total. The fourth-order valence-electron chi connectivity index (χ4n) is 5.97. The number of hydrogen-bond donors (Lipinski definition) is 4. The van der Waals surface area contributed by atoms with E-state index in [2.05, 4.69) is 41.7 Å². The van der Waals surface area contributed by atoms with Gasteiger partial charge in [-0.3, -0.25) is 28.8 Å². The summed E-state index contributed by atoms with van der Waals surface area (Å²) in [4.78, 5) is 78.3. The first-order chi connectivity index (χ1) is 30.7. The highest BCUT2D eigenvalue weighted by molar-refractivity contribution is 6.33. The number of para-hydroxylation sites is 2. The maximum Gasteiger partial charge on any atom is 0.258 e. The molecule has 4 amide bonds. The first-order valence-electron chi connectivity index (χ1n) is 19.4. The number of halogens is 5. The number of benzene rings is 5. The fourth-order valence-corrected chi connectivity index (χ4v) is 6.91. The number of aryl methyl sites for hydroxylation is 2. The summed E-state index contributed by atoms with van der Waals surface area (Å²) in [7, 11) is 0. The number of carbonyl (C=O) groups is 6. The molecule has 0 aliphatic carbocycles. The molecule has 64 heavy (non-hydrogen) atoms. The number of amides is 4. The number of Topliss-reactive ketones (excluding diaryl/α,β-unsaturated/α-hetero) is 2. The molecule has 4 N–H and O–H groups in total. The standard InChI is InChI=1S/C45H39Cl5N8O6/c1-25(59)40(57-55-38-22-29(11-14-33(38)49)42(61)52-35-9-5-3-7-27(35)17-19-46)44(63)51-32-13-16-37(31(21-32)24-48)54-45(64)41(26(2)60)58-56-39-23-30(12-15-34(39)50)43(62)53-36-10-6-4-8-28(36)18-20-47/h3-16,21-23,40-41H,17-20,24H2,1-2H3,(H,51,63)(H,52,61)(H,53,62)(H,54,64). The van der Waals surface area contributed by atoms with Crippen molar-refractivity contribution in [1.29, 1.82) is 0 Å². The molecule has 0 aliphatic heterocycles. The molecule has 0 spiro atoms. The summed E-state index contributed by atoms with van der Waals surface area (Å²) < 4.78 is 0. The fraction of sp³-hybridized carbons (Fsp3) is 0.200. The Hall–Kier alpha value is -6.03. The molecule has 0 saturated carbocycles. The van der Waals surface area contributed by atoms with Crippen molar-refractivity contribution in [2.24, 2.45) is 20.5 Å². The van der Waals surface area contributed by atoms with Gasteiger partial charge in [-0.05, 0) is 110 Å². The van der Waals surface area contributed by atoms with Crippen LogP contribution in [-0.2, 0) is 37.9 Å². The molecule has 0 bridgehead atoms. The van der Waals surface area contributed by atoms with Gasteiger partial charge in [0.2, 0.25) is 12.1 Å². The minimum atomic E-state index is -1.62. The molecule has 5 rings (SSSR count). The molecular weight excluding hydrogens is 926 g/mol. The van der Waals surface area contributed by atoms with Crippen LogP contribution in [0.1, 0.15) is 51.3 Å². The summed E-state index contributed by atoms with van der Waals surface area (Å²) >= 11 is 30.7. The predicted molar refractivity (Wildman–Crippen MR) is 252 cm³/mol. The Bertz CT molecular complexity index is 2640. The van der Waals surface area contributed by atoms with Crippen LogP contribution in [0.5, 0.6) is 0 Å². The van der Waals surface area contributed by atoms with Gasteiger partial charge in [0.1, 0.15) is 11.4 Å². The number of nitrogens with one attached hydrogen (secondary N) is 4. The molecule has 0 fully saturated rings. The molecule has 0 aromatic heterocycles. The van der Waals surface area contributed by atoms with Crippen LogP contribution in [0.4, 0.5) is 34.1 Å². The number of ketones is 2. The smallest absolute Gasteiger partial charge is 0.258 e. The second kappa shape index (κ2) is 23.6. The van der Waals surface area contributed by atoms with Gasteiger partial charge in [0, 0.05) is 51.5 Å². The van der Waals surface area contributed by atoms with Gasteiger partial charge < -0.3 is 21.3 Å². The average Bonchev–Trinajstić information content (AvgIpc) is 3.26. The summed E-state index contributed by atoms with van der Waals surface area (Å²) in [6, 6.07) is 24.1. The average molecular weight is 965 g/mol. The maximum atomic E-state index is 13.4. The zero-order chi connectivity index (χ0) is 46.3. The highest BCUT2D eigenvalue weighted by atomic mass is 35.5. The summed E-state index contributed by atoms with van der Waals surface area (Å²) in [6.07, 6.45) is 1.09. The second-order valence-corrected chi connectivity index (χ2v) is 15.7. The topological polar surface area (TPSA) is 200 Å². The lowest BCUT2D eigenvalue weighted by molar-refractivity contribution is -0.127. The van der Waals surface area contributed by atoms with Gasteiger partial charge in [-0.1, -0.05) is 59.6 Å². The first kappa shape index (κ1) is 49.0. The molecule has 5 aromatic rings. The van der Waals surface area contributed by atoms with Gasteiger partial charge in [-0.2, -0.15) is 20.5 Å². The van der Waals surface area contributed by atoms with Crippen LogP contribution in [0, 0.1) is 0 Å². The van der Waals surface area contributed by atoms with Gasteiger partial charge in [-0.15, -0.1) is 34.8 Å². The Morgan fingerprint density at radius 2 is 0.953 bits per heavy atom. The molecule has 0 heterocycles. The molecule has 0 aliphatic rings. The summed E-state index contributed by atoms with van der Waals surface area (Å²) in [6.45, 7) is 2.31. The zero-order valence-corrected chi connectivity index (χ0v) is 37.9. The Kier molecular flexibility index (Phi) is 18.1. The van der Waals surface area contributed by atoms with Gasteiger partial charge in [-0.25, -0.2) is 0 Å². The van der Waals surface area contributed by atoms with E-state index in [4.69, 9.17) is 58.0 Å². The Balaban J connectivity index is 1.26. The highest BCUT2D eigenvalue weighted by Crippen LogP contribution is 2.30. The molecule has 5 aromatic carbocycles. The van der Waals surface area contributed by atoms with Crippen molar-refractivity contribution in [1.82, 2.24) is 0 Å². The lowest BCUT2D eigenvalue weighted by Crippen LogP contribution is -2.32. The van der Waals surface area contributed by atoms with Crippen LogP contribution in [-0.4, -0.2) is 59.0 Å². The summed E-state index contributed by atoms with van der Waals surface area (Å²) in [5.41, 5.74) is 4.04. The monoisotopic (exact) mass is 962 g/mol. The summed E-state index contributed by atoms with van der Waals surface area (Å²) in [5.74, 6) is -3.33. The lowest BCUT2D eigenvalue weighted by Gasteiger charge is -2.15. The minimum Gasteiger partial charge on any atom is -0.324 e. The van der Waals surface area contributed by atoms with E-state index in [1.807, 2.05) is 24.3 Å². The van der Waals surface area contributed by atoms with Crippen molar-refractivity contribution in [3.05, 3.63) is 141 Å². The Labute approximate surface area is 393 Å². The third-order valence-corrected chi connectivity index (χ3v) is 10.6. The van der Waals surface area contributed by atoms with Crippen LogP contribution >= 0.6 is 58.0 Å². The van der Waals surface area contributed by atoms with E-state index < -0.39 is 47.3 Å². The van der Waals surface area contributed by atoms with E-state index in [0.29, 0.717) is 41.5 Å². The maximum absolute atomic E-state index is 13.4. The van der Waals surface area contributed by atoms with E-state index in [1.54, 1.807) is 24.3 Å². The number of carbonyl (C=O) groups excluding carboxylic acids is 6. The number of hydrogen-bond acceptors (Lipinski definition) is 10.